The molecule has 2 saturated heterocycles. The van der Waals surface area contributed by atoms with E-state index in [-0.39, 0.29) is 60.6 Å². The lowest BCUT2D eigenvalue weighted by molar-refractivity contribution is -0.153. The number of benzene rings is 2. The molecule has 274 valence electrons. The van der Waals surface area contributed by atoms with E-state index >= 15 is 0 Å². The van der Waals surface area contributed by atoms with Crippen molar-refractivity contribution in [2.24, 2.45) is 0 Å². The van der Waals surface area contributed by atoms with Gasteiger partial charge in [0.25, 0.3) is 0 Å². The Morgan fingerprint density at radius 2 is 1.69 bits per heavy atom. The van der Waals surface area contributed by atoms with Crippen LogP contribution in [-0.2, 0) is 40.1 Å². The number of imide groups is 1. The third-order valence-corrected chi connectivity index (χ3v) is 10.6. The molecule has 2 fully saturated rings. The van der Waals surface area contributed by atoms with Crippen LogP contribution in [0.25, 0.3) is 0 Å². The minimum atomic E-state index is -1.46. The maximum absolute atomic E-state index is 14.1. The van der Waals surface area contributed by atoms with Crippen molar-refractivity contribution >= 4 is 70.8 Å². The molecule has 5 rings (SSSR count). The summed E-state index contributed by atoms with van der Waals surface area (Å²) in [4.78, 5) is 92.3. The highest BCUT2D eigenvalue weighted by atomic mass is 32.2. The van der Waals surface area contributed by atoms with Gasteiger partial charge in [-0.1, -0.05) is 54.7 Å². The lowest BCUT2D eigenvalue weighted by Gasteiger charge is -2.58. The smallest absolute Gasteiger partial charge is 0.477 e. The second-order valence-corrected chi connectivity index (χ2v) is 13.4. The average molecular weight is 754 g/mol. The van der Waals surface area contributed by atoms with Gasteiger partial charge in [-0.25, -0.2) is 14.4 Å². The number of ether oxygens (including phenoxy) is 3. The van der Waals surface area contributed by atoms with Gasteiger partial charge in [0, 0.05) is 37.9 Å². The Morgan fingerprint density at radius 3 is 2.33 bits per heavy atom. The van der Waals surface area contributed by atoms with Crippen molar-refractivity contribution in [3.63, 3.8) is 0 Å². The molecule has 52 heavy (non-hydrogen) atoms. The SMILES string of the molecule is CCN1CCN(C(=O)NC(C(=O)N[C@]2(C)C(=S)N3C(C(=O)O)=C(COC(C)=O)CS[C@H]32)c2ccc(OC(=O)OCc3ccccc3)cc2)C(=O)C1=O. The number of likely N-dealkylation sites (N-methyl/N-ethyl adjacent to an activating group) is 1. The van der Waals surface area contributed by atoms with E-state index in [2.05, 4.69) is 10.6 Å². The Balaban J connectivity index is 1.35. The summed E-state index contributed by atoms with van der Waals surface area (Å²) in [7, 11) is 0. The monoisotopic (exact) mass is 753 g/mol. The molecule has 0 spiro atoms. The lowest BCUT2D eigenvalue weighted by atomic mass is 9.88. The van der Waals surface area contributed by atoms with Crippen LogP contribution in [0.4, 0.5) is 9.59 Å². The number of carbonyl (C=O) groups excluding carboxylic acids is 6. The van der Waals surface area contributed by atoms with E-state index in [0.29, 0.717) is 5.57 Å². The van der Waals surface area contributed by atoms with Gasteiger partial charge in [-0.15, -0.1) is 11.8 Å². The van der Waals surface area contributed by atoms with Crippen LogP contribution < -0.4 is 15.4 Å². The zero-order valence-corrected chi connectivity index (χ0v) is 29.9. The second kappa shape index (κ2) is 15.8. The van der Waals surface area contributed by atoms with E-state index in [0.717, 1.165) is 10.5 Å². The van der Waals surface area contributed by atoms with E-state index in [1.54, 1.807) is 38.1 Å². The normalized spacial score (nSPS) is 20.3. The van der Waals surface area contributed by atoms with Gasteiger partial charge in [0.2, 0.25) is 5.91 Å². The van der Waals surface area contributed by atoms with E-state index in [4.69, 9.17) is 26.4 Å². The number of nitrogens with zero attached hydrogens (tertiary/aromatic N) is 3. The molecule has 1 unspecified atom stereocenters. The number of hydrogen-bond acceptors (Lipinski definition) is 12. The summed E-state index contributed by atoms with van der Waals surface area (Å²) in [5, 5.41) is 14.7. The number of piperazine rings is 1. The molecule has 0 aromatic heterocycles. The Bertz CT molecular complexity index is 1840. The number of esters is 1. The number of thioether (sulfide) groups is 1. The maximum Gasteiger partial charge on any atom is 0.514 e. The molecule has 0 bridgehead atoms. The minimum Gasteiger partial charge on any atom is -0.477 e. The molecule has 3 N–H and O–H groups in total. The number of thiocarbonyl (C=S) groups is 1. The highest BCUT2D eigenvalue weighted by Crippen LogP contribution is 2.47. The number of nitrogens with one attached hydrogen (secondary N) is 2. The maximum atomic E-state index is 14.1. The van der Waals surface area contributed by atoms with Crippen LogP contribution in [-0.4, -0.2) is 110 Å². The van der Waals surface area contributed by atoms with Gasteiger partial charge in [0.05, 0.1) is 0 Å². The fourth-order valence-electron chi connectivity index (χ4n) is 5.77. The summed E-state index contributed by atoms with van der Waals surface area (Å²) in [5.41, 5.74) is -0.142. The molecule has 3 aliphatic rings. The Morgan fingerprint density at radius 1 is 1.00 bits per heavy atom. The first kappa shape index (κ1) is 37.8. The number of hydrogen-bond donors (Lipinski definition) is 3. The van der Waals surface area contributed by atoms with Crippen LogP contribution in [0.1, 0.15) is 37.9 Å². The van der Waals surface area contributed by atoms with Gasteiger partial charge in [-0.3, -0.25) is 24.1 Å². The first-order chi connectivity index (χ1) is 24.7. The highest BCUT2D eigenvalue weighted by Gasteiger charge is 2.60. The Hall–Kier alpha value is -5.49. The van der Waals surface area contributed by atoms with Crippen molar-refractivity contribution in [3.05, 3.63) is 77.0 Å². The first-order valence-corrected chi connectivity index (χ1v) is 17.5. The first-order valence-electron chi connectivity index (χ1n) is 16.0. The number of fused-ring (bicyclic) bond motifs is 1. The molecular formula is C34H35N5O11S2. The number of carbonyl (C=O) groups is 7. The zero-order valence-electron chi connectivity index (χ0n) is 28.3. The summed E-state index contributed by atoms with van der Waals surface area (Å²) in [6, 6.07) is 12.1. The van der Waals surface area contributed by atoms with Crippen molar-refractivity contribution < 1.29 is 52.9 Å². The number of aliphatic carboxylic acids is 1. The highest BCUT2D eigenvalue weighted by molar-refractivity contribution is 8.00. The molecule has 16 nitrogen and oxygen atoms in total. The van der Waals surface area contributed by atoms with Crippen LogP contribution in [0.3, 0.4) is 0 Å². The third-order valence-electron chi connectivity index (χ3n) is 8.50. The van der Waals surface area contributed by atoms with Crippen LogP contribution >= 0.6 is 24.0 Å². The standard InChI is InChI=1S/C34H35N5O11S2/c1-4-37-14-15-38(28(43)27(37)42)32(46)35-24(21-10-12-23(13-11-21)50-33(47)49-16-20-8-6-5-7-9-20)26(41)36-34(3)30(51)39-25(29(44)45)22(17-48-19(2)40)18-52-31(34)39/h5-13,24,31H,4,14-18H2,1-3H3,(H,35,46)(H,36,41)(H,44,45)/t24?,31-,34+/m0/s1. The van der Waals surface area contributed by atoms with Crippen molar-refractivity contribution in [2.45, 2.75) is 44.3 Å². The number of rotatable bonds is 11. The number of urea groups is 1. The summed E-state index contributed by atoms with van der Waals surface area (Å²) in [6.45, 7) is 4.53. The van der Waals surface area contributed by atoms with Crippen molar-refractivity contribution in [1.29, 1.82) is 0 Å². The van der Waals surface area contributed by atoms with E-state index in [1.807, 2.05) is 6.07 Å². The quantitative estimate of drug-likeness (QED) is 0.131. The Labute approximate surface area is 307 Å². The molecule has 0 aliphatic carbocycles. The molecule has 0 radical (unpaired) electrons. The summed E-state index contributed by atoms with van der Waals surface area (Å²) in [5.74, 6) is -4.32. The fourth-order valence-corrected chi connectivity index (χ4v) is 7.71. The van der Waals surface area contributed by atoms with Gasteiger partial charge >= 0.3 is 35.9 Å². The molecule has 18 heteroatoms. The molecule has 3 aliphatic heterocycles. The van der Waals surface area contributed by atoms with Crippen molar-refractivity contribution in [3.8, 4) is 5.75 Å². The number of amides is 5. The van der Waals surface area contributed by atoms with E-state index in [1.165, 1.54) is 52.8 Å². The lowest BCUT2D eigenvalue weighted by Crippen LogP contribution is -2.78. The van der Waals surface area contributed by atoms with Gasteiger partial charge in [0.15, 0.2) is 0 Å². The molecule has 0 saturated carbocycles. The average Bonchev–Trinajstić information content (AvgIpc) is 3.13. The molecular weight excluding hydrogens is 719 g/mol. The van der Waals surface area contributed by atoms with Crippen molar-refractivity contribution in [2.75, 3.05) is 32.0 Å². The molecule has 3 atom stereocenters. The van der Waals surface area contributed by atoms with Crippen LogP contribution in [0.2, 0.25) is 0 Å². The predicted octanol–water partition coefficient (Wildman–Crippen LogP) is 2.34. The largest absolute Gasteiger partial charge is 0.514 e. The molecule has 2 aromatic rings. The number of carboxylic acid groups (broad SMARTS) is 1. The second-order valence-electron chi connectivity index (χ2n) is 12.0. The zero-order chi connectivity index (χ0) is 37.7. The number of carboxylic acids is 1. The molecule has 3 heterocycles. The summed E-state index contributed by atoms with van der Waals surface area (Å²) in [6.07, 6.45) is -0.972. The van der Waals surface area contributed by atoms with Crippen LogP contribution in [0, 0.1) is 0 Å². The molecule has 5 amide bonds. The van der Waals surface area contributed by atoms with Crippen LogP contribution in [0.15, 0.2) is 65.9 Å². The minimum absolute atomic E-state index is 0.0195. The summed E-state index contributed by atoms with van der Waals surface area (Å²) >= 11 is 6.90. The van der Waals surface area contributed by atoms with Gasteiger partial charge in [-0.2, -0.15) is 0 Å². The summed E-state index contributed by atoms with van der Waals surface area (Å²) < 4.78 is 15.4. The Kier molecular flexibility index (Phi) is 11.5. The predicted molar refractivity (Wildman–Crippen MR) is 187 cm³/mol. The topological polar surface area (TPSA) is 201 Å². The van der Waals surface area contributed by atoms with E-state index < -0.39 is 58.8 Å². The van der Waals surface area contributed by atoms with Gasteiger partial charge in [0.1, 0.15) is 46.6 Å². The van der Waals surface area contributed by atoms with E-state index in [9.17, 15) is 38.7 Å². The van der Waals surface area contributed by atoms with Crippen molar-refractivity contribution in [1.82, 2.24) is 25.3 Å². The molecule has 2 aromatic carbocycles. The fraction of sp³-hybridized carbons (Fsp3) is 0.353. The third kappa shape index (κ3) is 7.86. The van der Waals surface area contributed by atoms with Gasteiger partial charge < -0.3 is 39.8 Å². The van der Waals surface area contributed by atoms with Gasteiger partial charge in [-0.05, 0) is 37.1 Å². The van der Waals surface area contributed by atoms with Crippen LogP contribution in [0.5, 0.6) is 5.75 Å².